The average Bonchev–Trinajstić information content (AvgIpc) is 2.72. The lowest BCUT2D eigenvalue weighted by atomic mass is 9.86. The van der Waals surface area contributed by atoms with Gasteiger partial charge >= 0.3 is 12.1 Å². The minimum atomic E-state index is -4.89. The number of likely N-dealkylation sites (tertiary alicyclic amines) is 1. The fraction of sp³-hybridized carbons (Fsp3) is 0.833. The second-order valence-electron chi connectivity index (χ2n) is 5.63. The Balaban J connectivity index is 2.85. The summed E-state index contributed by atoms with van der Waals surface area (Å²) in [7, 11) is 0. The van der Waals surface area contributed by atoms with Gasteiger partial charge in [0.15, 0.2) is 5.41 Å². The van der Waals surface area contributed by atoms with Crippen molar-refractivity contribution in [2.75, 3.05) is 13.1 Å². The Morgan fingerprint density at radius 1 is 1.40 bits per heavy atom. The largest absolute Gasteiger partial charge is 0.481 e. The molecule has 0 aromatic rings. The van der Waals surface area contributed by atoms with Crippen LogP contribution < -0.4 is 5.73 Å². The SMILES string of the molecule is CC(C)CC(N)C(=O)N1CCC(C(=O)O)(C(F)(F)F)C1. The zero-order chi connectivity index (χ0) is 15.7. The van der Waals surface area contributed by atoms with Crippen molar-refractivity contribution in [3.8, 4) is 0 Å². The van der Waals surface area contributed by atoms with Crippen LogP contribution in [0.2, 0.25) is 0 Å². The quantitative estimate of drug-likeness (QED) is 0.817. The van der Waals surface area contributed by atoms with Crippen molar-refractivity contribution < 1.29 is 27.9 Å². The van der Waals surface area contributed by atoms with Crippen LogP contribution in [-0.4, -0.2) is 47.2 Å². The van der Waals surface area contributed by atoms with E-state index >= 15 is 0 Å². The molecule has 0 aromatic heterocycles. The number of nitrogens with two attached hydrogens (primary N) is 1. The molecule has 116 valence electrons. The molecular formula is C12H19F3N2O3. The van der Waals surface area contributed by atoms with Gasteiger partial charge < -0.3 is 15.7 Å². The van der Waals surface area contributed by atoms with Crippen molar-refractivity contribution in [2.24, 2.45) is 17.1 Å². The van der Waals surface area contributed by atoms with E-state index in [4.69, 9.17) is 10.8 Å². The first-order valence-corrected chi connectivity index (χ1v) is 6.36. The first kappa shape index (κ1) is 16.7. The molecule has 1 rings (SSSR count). The molecule has 1 heterocycles. The number of hydrogen-bond acceptors (Lipinski definition) is 3. The van der Waals surface area contributed by atoms with E-state index in [-0.39, 0.29) is 12.5 Å². The highest BCUT2D eigenvalue weighted by molar-refractivity contribution is 5.84. The Morgan fingerprint density at radius 2 is 1.95 bits per heavy atom. The molecule has 8 heteroatoms. The summed E-state index contributed by atoms with van der Waals surface area (Å²) in [5.74, 6) is -2.44. The van der Waals surface area contributed by atoms with Gasteiger partial charge in [-0.05, 0) is 18.8 Å². The van der Waals surface area contributed by atoms with E-state index in [1.54, 1.807) is 0 Å². The topological polar surface area (TPSA) is 83.6 Å². The zero-order valence-corrected chi connectivity index (χ0v) is 11.4. The van der Waals surface area contributed by atoms with Gasteiger partial charge in [-0.15, -0.1) is 0 Å². The number of carbonyl (C=O) groups is 2. The van der Waals surface area contributed by atoms with Crippen molar-refractivity contribution in [1.82, 2.24) is 4.90 Å². The molecule has 1 fully saturated rings. The average molecular weight is 296 g/mol. The highest BCUT2D eigenvalue weighted by Crippen LogP contribution is 2.45. The standard InChI is InChI=1S/C12H19F3N2O3/c1-7(2)5-8(16)9(18)17-4-3-11(6-17,10(19)20)12(13,14)15/h7-8H,3-6,16H2,1-2H3,(H,19,20). The predicted molar refractivity (Wildman–Crippen MR) is 64.8 cm³/mol. The Morgan fingerprint density at radius 3 is 2.30 bits per heavy atom. The Labute approximate surface area is 114 Å². The molecular weight excluding hydrogens is 277 g/mol. The Kier molecular flexibility index (Phi) is 4.68. The van der Waals surface area contributed by atoms with Crippen LogP contribution in [0.1, 0.15) is 26.7 Å². The van der Waals surface area contributed by atoms with Gasteiger partial charge in [-0.25, -0.2) is 0 Å². The first-order chi connectivity index (χ1) is 9.01. The maximum absolute atomic E-state index is 13.0. The highest BCUT2D eigenvalue weighted by Gasteiger charge is 2.64. The van der Waals surface area contributed by atoms with Crippen LogP contribution in [0.25, 0.3) is 0 Å². The molecule has 5 nitrogen and oxygen atoms in total. The fourth-order valence-corrected chi connectivity index (χ4v) is 2.37. The summed E-state index contributed by atoms with van der Waals surface area (Å²) in [6.45, 7) is 2.58. The summed E-state index contributed by atoms with van der Waals surface area (Å²) in [6, 6.07) is -0.896. The molecule has 0 spiro atoms. The second kappa shape index (κ2) is 5.59. The summed E-state index contributed by atoms with van der Waals surface area (Å²) < 4.78 is 38.9. The highest BCUT2D eigenvalue weighted by atomic mass is 19.4. The van der Waals surface area contributed by atoms with Crippen LogP contribution in [0.3, 0.4) is 0 Å². The Hall–Kier alpha value is -1.31. The summed E-state index contributed by atoms with van der Waals surface area (Å²) in [5, 5.41) is 8.89. The minimum Gasteiger partial charge on any atom is -0.481 e. The van der Waals surface area contributed by atoms with Crippen LogP contribution in [0, 0.1) is 11.3 Å². The zero-order valence-electron chi connectivity index (χ0n) is 11.4. The molecule has 1 aliphatic heterocycles. The van der Waals surface area contributed by atoms with Crippen LogP contribution in [0.4, 0.5) is 13.2 Å². The molecule has 3 N–H and O–H groups in total. The van der Waals surface area contributed by atoms with Crippen molar-refractivity contribution in [2.45, 2.75) is 38.9 Å². The number of carboxylic acid groups (broad SMARTS) is 1. The van der Waals surface area contributed by atoms with E-state index in [0.29, 0.717) is 6.42 Å². The molecule has 1 aliphatic rings. The van der Waals surface area contributed by atoms with E-state index in [0.717, 1.165) is 4.90 Å². The monoisotopic (exact) mass is 296 g/mol. The molecule has 0 bridgehead atoms. The number of aliphatic carboxylic acids is 1. The van der Waals surface area contributed by atoms with E-state index in [1.165, 1.54) is 0 Å². The summed E-state index contributed by atoms with van der Waals surface area (Å²) in [6.07, 6.45) is -5.18. The van der Waals surface area contributed by atoms with Gasteiger partial charge in [-0.2, -0.15) is 13.2 Å². The molecule has 0 saturated carbocycles. The third kappa shape index (κ3) is 3.05. The molecule has 0 aliphatic carbocycles. The fourth-order valence-electron chi connectivity index (χ4n) is 2.37. The van der Waals surface area contributed by atoms with E-state index in [2.05, 4.69) is 0 Å². The smallest absolute Gasteiger partial charge is 0.406 e. The number of carbonyl (C=O) groups excluding carboxylic acids is 1. The third-order valence-corrected chi connectivity index (χ3v) is 3.58. The number of amides is 1. The van der Waals surface area contributed by atoms with Crippen molar-refractivity contribution in [1.29, 1.82) is 0 Å². The molecule has 0 aromatic carbocycles. The summed E-state index contributed by atoms with van der Waals surface area (Å²) in [5.41, 5.74) is 2.78. The molecule has 2 atom stereocenters. The third-order valence-electron chi connectivity index (χ3n) is 3.58. The van der Waals surface area contributed by atoms with E-state index in [1.807, 2.05) is 13.8 Å². The molecule has 0 radical (unpaired) electrons. The van der Waals surface area contributed by atoms with Crippen molar-refractivity contribution >= 4 is 11.9 Å². The summed E-state index contributed by atoms with van der Waals surface area (Å²) in [4.78, 5) is 23.9. The normalized spacial score (nSPS) is 25.1. The van der Waals surface area contributed by atoms with Gasteiger partial charge in [0.2, 0.25) is 5.91 Å². The van der Waals surface area contributed by atoms with E-state index in [9.17, 15) is 22.8 Å². The van der Waals surface area contributed by atoms with Crippen LogP contribution in [-0.2, 0) is 9.59 Å². The lowest BCUT2D eigenvalue weighted by molar-refractivity contribution is -0.227. The Bertz CT molecular complexity index is 398. The number of alkyl halides is 3. The molecule has 2 unspecified atom stereocenters. The van der Waals surface area contributed by atoms with Gasteiger partial charge in [0.1, 0.15) is 0 Å². The molecule has 20 heavy (non-hydrogen) atoms. The maximum Gasteiger partial charge on any atom is 0.406 e. The first-order valence-electron chi connectivity index (χ1n) is 6.36. The van der Waals surface area contributed by atoms with Crippen LogP contribution in [0.5, 0.6) is 0 Å². The predicted octanol–water partition coefficient (Wildman–Crippen LogP) is 1.23. The summed E-state index contributed by atoms with van der Waals surface area (Å²) >= 11 is 0. The molecule has 1 amide bonds. The van der Waals surface area contributed by atoms with Gasteiger partial charge in [0.25, 0.3) is 0 Å². The van der Waals surface area contributed by atoms with Gasteiger partial charge in [-0.3, -0.25) is 9.59 Å². The molecule has 1 saturated heterocycles. The van der Waals surface area contributed by atoms with Crippen LogP contribution >= 0.6 is 0 Å². The van der Waals surface area contributed by atoms with Crippen molar-refractivity contribution in [3.05, 3.63) is 0 Å². The number of rotatable bonds is 4. The van der Waals surface area contributed by atoms with Crippen molar-refractivity contribution in [3.63, 3.8) is 0 Å². The van der Waals surface area contributed by atoms with Crippen LogP contribution in [0.15, 0.2) is 0 Å². The van der Waals surface area contributed by atoms with Gasteiger partial charge in [0, 0.05) is 13.1 Å². The van der Waals surface area contributed by atoms with Gasteiger partial charge in [0.05, 0.1) is 6.04 Å². The lowest BCUT2D eigenvalue weighted by Gasteiger charge is -2.28. The number of nitrogens with zero attached hydrogens (tertiary/aromatic N) is 1. The number of halogens is 3. The number of hydrogen-bond donors (Lipinski definition) is 2. The van der Waals surface area contributed by atoms with Gasteiger partial charge in [-0.1, -0.05) is 13.8 Å². The number of carboxylic acids is 1. The second-order valence-corrected chi connectivity index (χ2v) is 5.63. The lowest BCUT2D eigenvalue weighted by Crippen LogP contribution is -2.50. The van der Waals surface area contributed by atoms with E-state index < -0.39 is 42.5 Å². The minimum absolute atomic E-state index is 0.128. The maximum atomic E-state index is 13.0.